The first-order valence-electron chi connectivity index (χ1n) is 3.56. The molecule has 0 amide bonds. The first kappa shape index (κ1) is 8.54. The van der Waals surface area contributed by atoms with E-state index in [1.165, 1.54) is 6.07 Å². The molecule has 60 valence electrons. The molecule has 0 radical (unpaired) electrons. The van der Waals surface area contributed by atoms with E-state index in [9.17, 15) is 4.39 Å². The maximum Gasteiger partial charge on any atom is 0.142 e. The maximum atomic E-state index is 12.8. The van der Waals surface area contributed by atoms with Crippen LogP contribution in [0.4, 0.5) is 4.39 Å². The molecule has 0 saturated carbocycles. The molecule has 0 fully saturated rings. The van der Waals surface area contributed by atoms with Crippen molar-refractivity contribution in [1.29, 1.82) is 0 Å². The van der Waals surface area contributed by atoms with Gasteiger partial charge in [0.15, 0.2) is 0 Å². The first-order chi connectivity index (χ1) is 5.11. The van der Waals surface area contributed by atoms with Crippen LogP contribution in [0.3, 0.4) is 0 Å². The zero-order valence-corrected chi connectivity index (χ0v) is 7.32. The molecule has 2 heteroatoms. The summed E-state index contributed by atoms with van der Waals surface area (Å²) in [5, 5.41) is 0.189. The highest BCUT2D eigenvalue weighted by Gasteiger charge is 2.02. The summed E-state index contributed by atoms with van der Waals surface area (Å²) >= 11 is 5.51. The Kier molecular flexibility index (Phi) is 2.50. The van der Waals surface area contributed by atoms with E-state index in [2.05, 4.69) is 0 Å². The minimum Gasteiger partial charge on any atom is -0.205 e. The van der Waals surface area contributed by atoms with Crippen molar-refractivity contribution in [3.8, 4) is 0 Å². The molecule has 11 heavy (non-hydrogen) atoms. The van der Waals surface area contributed by atoms with Crippen molar-refractivity contribution < 1.29 is 4.39 Å². The summed E-state index contributed by atoms with van der Waals surface area (Å²) in [6, 6.07) is 4.91. The van der Waals surface area contributed by atoms with E-state index in [0.717, 1.165) is 5.56 Å². The Balaban J connectivity index is 3.05. The van der Waals surface area contributed by atoms with E-state index in [1.54, 1.807) is 6.07 Å². The Morgan fingerprint density at radius 2 is 2.00 bits per heavy atom. The smallest absolute Gasteiger partial charge is 0.142 e. The lowest BCUT2D eigenvalue weighted by Gasteiger charge is -2.04. The summed E-state index contributed by atoms with van der Waals surface area (Å²) in [5.41, 5.74) is 0.979. The zero-order chi connectivity index (χ0) is 8.43. The van der Waals surface area contributed by atoms with Crippen LogP contribution in [0.25, 0.3) is 0 Å². The van der Waals surface area contributed by atoms with Crippen molar-refractivity contribution in [1.82, 2.24) is 0 Å². The van der Waals surface area contributed by atoms with E-state index in [0.29, 0.717) is 5.92 Å². The van der Waals surface area contributed by atoms with E-state index in [1.807, 2.05) is 19.9 Å². The minimum absolute atomic E-state index is 0.189. The number of hydrogen-bond donors (Lipinski definition) is 0. The Morgan fingerprint density at radius 1 is 1.36 bits per heavy atom. The van der Waals surface area contributed by atoms with Gasteiger partial charge in [-0.3, -0.25) is 0 Å². The normalized spacial score (nSPS) is 10.6. The van der Waals surface area contributed by atoms with Gasteiger partial charge in [-0.15, -0.1) is 0 Å². The lowest BCUT2D eigenvalue weighted by atomic mass is 10.0. The number of hydrogen-bond acceptors (Lipinski definition) is 0. The molecule has 0 nitrogen and oxygen atoms in total. The standard InChI is InChI=1S/C9H10ClF/c1-6(2)7-3-4-8(10)9(11)5-7/h3-6H,1-2H3. The SMILES string of the molecule is CC(C)c1ccc(Cl)c(F)c1. The molecule has 0 aliphatic heterocycles. The van der Waals surface area contributed by atoms with Gasteiger partial charge in [0.05, 0.1) is 5.02 Å². The molecule has 1 aromatic carbocycles. The fourth-order valence-electron chi connectivity index (χ4n) is 0.871. The number of benzene rings is 1. The second-order valence-electron chi connectivity index (χ2n) is 2.83. The monoisotopic (exact) mass is 172 g/mol. The Morgan fingerprint density at radius 3 is 2.45 bits per heavy atom. The predicted molar refractivity (Wildman–Crippen MR) is 45.5 cm³/mol. The summed E-state index contributed by atoms with van der Waals surface area (Å²) in [5.74, 6) is 0.0135. The van der Waals surface area contributed by atoms with Gasteiger partial charge in [-0.25, -0.2) is 4.39 Å². The Labute approximate surface area is 71.0 Å². The molecule has 1 aromatic rings. The molecule has 0 bridgehead atoms. The maximum absolute atomic E-state index is 12.8. The molecular weight excluding hydrogens is 163 g/mol. The van der Waals surface area contributed by atoms with Gasteiger partial charge in [-0.1, -0.05) is 31.5 Å². The quantitative estimate of drug-likeness (QED) is 0.607. The molecule has 0 heterocycles. The first-order valence-corrected chi connectivity index (χ1v) is 3.94. The lowest BCUT2D eigenvalue weighted by Crippen LogP contribution is -1.88. The fraction of sp³-hybridized carbons (Fsp3) is 0.333. The van der Waals surface area contributed by atoms with Crippen LogP contribution in [-0.2, 0) is 0 Å². The van der Waals surface area contributed by atoms with E-state index in [-0.39, 0.29) is 10.8 Å². The largest absolute Gasteiger partial charge is 0.205 e. The zero-order valence-electron chi connectivity index (χ0n) is 6.57. The lowest BCUT2D eigenvalue weighted by molar-refractivity contribution is 0.624. The topological polar surface area (TPSA) is 0 Å². The van der Waals surface area contributed by atoms with E-state index >= 15 is 0 Å². The van der Waals surface area contributed by atoms with Gasteiger partial charge in [0.2, 0.25) is 0 Å². The average Bonchev–Trinajstić information content (AvgIpc) is 1.94. The third kappa shape index (κ3) is 1.93. The van der Waals surface area contributed by atoms with Gasteiger partial charge in [-0.2, -0.15) is 0 Å². The highest BCUT2D eigenvalue weighted by atomic mass is 35.5. The van der Waals surface area contributed by atoms with E-state index < -0.39 is 0 Å². The summed E-state index contributed by atoms with van der Waals surface area (Å²) in [6.45, 7) is 4.03. The van der Waals surface area contributed by atoms with Gasteiger partial charge in [0.1, 0.15) is 5.82 Å². The van der Waals surface area contributed by atoms with Gasteiger partial charge in [0.25, 0.3) is 0 Å². The molecule has 0 aromatic heterocycles. The Bertz CT molecular complexity index is 256. The summed E-state index contributed by atoms with van der Waals surface area (Å²) in [7, 11) is 0. The number of rotatable bonds is 1. The van der Waals surface area contributed by atoms with Crippen LogP contribution >= 0.6 is 11.6 Å². The molecule has 0 saturated heterocycles. The van der Waals surface area contributed by atoms with Crippen LogP contribution < -0.4 is 0 Å². The predicted octanol–water partition coefficient (Wildman–Crippen LogP) is 3.60. The summed E-state index contributed by atoms with van der Waals surface area (Å²) in [6.07, 6.45) is 0. The van der Waals surface area contributed by atoms with Crippen LogP contribution in [0.15, 0.2) is 18.2 Å². The molecule has 0 aliphatic rings. The molecule has 0 unspecified atom stereocenters. The van der Waals surface area contributed by atoms with Crippen molar-refractivity contribution in [2.24, 2.45) is 0 Å². The second-order valence-corrected chi connectivity index (χ2v) is 3.24. The molecular formula is C9H10ClF. The van der Waals surface area contributed by atoms with E-state index in [4.69, 9.17) is 11.6 Å². The average molecular weight is 173 g/mol. The van der Waals surface area contributed by atoms with Gasteiger partial charge in [-0.05, 0) is 23.6 Å². The molecule has 0 atom stereocenters. The van der Waals surface area contributed by atoms with Gasteiger partial charge in [0, 0.05) is 0 Å². The summed E-state index contributed by atoms with van der Waals surface area (Å²) in [4.78, 5) is 0. The van der Waals surface area contributed by atoms with Crippen molar-refractivity contribution >= 4 is 11.6 Å². The van der Waals surface area contributed by atoms with Crippen LogP contribution in [-0.4, -0.2) is 0 Å². The highest BCUT2D eigenvalue weighted by Crippen LogP contribution is 2.20. The summed E-state index contributed by atoms with van der Waals surface area (Å²) < 4.78 is 12.8. The Hall–Kier alpha value is -0.560. The van der Waals surface area contributed by atoms with Crippen molar-refractivity contribution in [2.45, 2.75) is 19.8 Å². The van der Waals surface area contributed by atoms with Gasteiger partial charge < -0.3 is 0 Å². The second kappa shape index (κ2) is 3.22. The molecule has 0 N–H and O–H groups in total. The highest BCUT2D eigenvalue weighted by molar-refractivity contribution is 6.30. The fourth-order valence-corrected chi connectivity index (χ4v) is 0.989. The molecule has 1 rings (SSSR count). The van der Waals surface area contributed by atoms with Crippen molar-refractivity contribution in [3.63, 3.8) is 0 Å². The van der Waals surface area contributed by atoms with Gasteiger partial charge >= 0.3 is 0 Å². The minimum atomic E-state index is -0.335. The van der Waals surface area contributed by atoms with Crippen molar-refractivity contribution in [3.05, 3.63) is 34.6 Å². The van der Waals surface area contributed by atoms with Crippen molar-refractivity contribution in [2.75, 3.05) is 0 Å². The van der Waals surface area contributed by atoms with Crippen LogP contribution in [0.5, 0.6) is 0 Å². The third-order valence-electron chi connectivity index (χ3n) is 1.61. The van der Waals surface area contributed by atoms with Crippen LogP contribution in [0.1, 0.15) is 25.3 Å². The molecule has 0 aliphatic carbocycles. The third-order valence-corrected chi connectivity index (χ3v) is 1.92. The molecule has 0 spiro atoms. The van der Waals surface area contributed by atoms with Crippen LogP contribution in [0, 0.1) is 5.82 Å². The van der Waals surface area contributed by atoms with Crippen LogP contribution in [0.2, 0.25) is 5.02 Å². The number of halogens is 2.